The van der Waals surface area contributed by atoms with Gasteiger partial charge in [0.25, 0.3) is 0 Å². The quantitative estimate of drug-likeness (QED) is 0.832. The van der Waals surface area contributed by atoms with Crippen molar-refractivity contribution in [3.05, 3.63) is 65.3 Å². The molecule has 0 aliphatic rings. The fourth-order valence-electron chi connectivity index (χ4n) is 2.25. The van der Waals surface area contributed by atoms with Crippen molar-refractivity contribution in [2.45, 2.75) is 26.7 Å². The number of hydrogen-bond donors (Lipinski definition) is 1. The number of aryl methyl sites for hydroxylation is 2. The molecule has 0 saturated heterocycles. The second-order valence-electron chi connectivity index (χ2n) is 4.69. The van der Waals surface area contributed by atoms with Crippen molar-refractivity contribution in [3.8, 4) is 0 Å². The molecule has 2 rings (SSSR count). The van der Waals surface area contributed by atoms with Gasteiger partial charge in [-0.3, -0.25) is 4.98 Å². The molecule has 0 bridgehead atoms. The highest BCUT2D eigenvalue weighted by Crippen LogP contribution is 2.19. The van der Waals surface area contributed by atoms with Gasteiger partial charge < -0.3 is 5.73 Å². The summed E-state index contributed by atoms with van der Waals surface area (Å²) in [4.78, 5) is 4.12. The number of pyridine rings is 1. The number of aromatic nitrogens is 1. The minimum Gasteiger partial charge on any atom is -0.399 e. The predicted molar refractivity (Wildman–Crippen MR) is 76.3 cm³/mol. The van der Waals surface area contributed by atoms with Crippen LogP contribution >= 0.6 is 0 Å². The molecule has 1 aromatic heterocycles. The van der Waals surface area contributed by atoms with Crippen LogP contribution in [0.4, 0.5) is 5.69 Å². The first-order chi connectivity index (χ1) is 8.66. The van der Waals surface area contributed by atoms with Crippen molar-refractivity contribution in [2.24, 2.45) is 0 Å². The standard InChI is InChI=1S/C16H19N2/c1-12-9-15(17)10-13(2)16(12)7-3-5-14-6-4-8-18-11-14/h3-4,6,8-11H,5,7,17H2,1-2H3. The van der Waals surface area contributed by atoms with Crippen LogP contribution in [0.1, 0.15) is 22.3 Å². The first-order valence-electron chi connectivity index (χ1n) is 6.23. The third-order valence-electron chi connectivity index (χ3n) is 3.17. The SMILES string of the molecule is Cc1cc(N)cc(C)c1C[CH]Cc1cccnc1. The van der Waals surface area contributed by atoms with Crippen LogP contribution in [0.3, 0.4) is 0 Å². The first-order valence-corrected chi connectivity index (χ1v) is 6.23. The molecular formula is C16H19N2. The van der Waals surface area contributed by atoms with E-state index < -0.39 is 0 Å². The number of nitrogens with two attached hydrogens (primary N) is 1. The number of rotatable bonds is 4. The Hall–Kier alpha value is -1.83. The Morgan fingerprint density at radius 1 is 1.17 bits per heavy atom. The van der Waals surface area contributed by atoms with Crippen LogP contribution in [0.2, 0.25) is 0 Å². The Morgan fingerprint density at radius 3 is 2.50 bits per heavy atom. The van der Waals surface area contributed by atoms with Crippen LogP contribution in [0.25, 0.3) is 0 Å². The molecule has 18 heavy (non-hydrogen) atoms. The van der Waals surface area contributed by atoms with Crippen molar-refractivity contribution < 1.29 is 0 Å². The van der Waals surface area contributed by atoms with Gasteiger partial charge in [0.15, 0.2) is 0 Å². The molecule has 1 aromatic carbocycles. The van der Waals surface area contributed by atoms with E-state index in [-0.39, 0.29) is 0 Å². The van der Waals surface area contributed by atoms with Crippen LogP contribution in [0, 0.1) is 20.3 Å². The van der Waals surface area contributed by atoms with Gasteiger partial charge in [-0.2, -0.15) is 0 Å². The highest BCUT2D eigenvalue weighted by molar-refractivity contribution is 5.49. The number of nitrogens with zero attached hydrogens (tertiary/aromatic N) is 1. The Bertz CT molecular complexity index is 495. The molecular weight excluding hydrogens is 220 g/mol. The molecule has 93 valence electrons. The summed E-state index contributed by atoms with van der Waals surface area (Å²) in [6.07, 6.45) is 7.95. The largest absolute Gasteiger partial charge is 0.399 e. The van der Waals surface area contributed by atoms with E-state index in [2.05, 4.69) is 31.3 Å². The zero-order chi connectivity index (χ0) is 13.0. The van der Waals surface area contributed by atoms with E-state index in [4.69, 9.17) is 5.73 Å². The average molecular weight is 239 g/mol. The molecule has 2 aromatic rings. The Labute approximate surface area is 109 Å². The molecule has 0 fully saturated rings. The summed E-state index contributed by atoms with van der Waals surface area (Å²) in [5, 5.41) is 0. The maximum Gasteiger partial charge on any atom is 0.0319 e. The molecule has 0 amide bonds. The van der Waals surface area contributed by atoms with Crippen molar-refractivity contribution in [3.63, 3.8) is 0 Å². The topological polar surface area (TPSA) is 38.9 Å². The van der Waals surface area contributed by atoms with Crippen LogP contribution in [0.15, 0.2) is 36.7 Å². The smallest absolute Gasteiger partial charge is 0.0319 e. The Balaban J connectivity index is 1.99. The lowest BCUT2D eigenvalue weighted by Crippen LogP contribution is -1.99. The van der Waals surface area contributed by atoms with Crippen molar-refractivity contribution in [2.75, 3.05) is 5.73 Å². The summed E-state index contributed by atoms with van der Waals surface area (Å²) in [6.45, 7) is 4.24. The molecule has 0 aliphatic carbocycles. The van der Waals surface area contributed by atoms with Crippen molar-refractivity contribution >= 4 is 5.69 Å². The maximum atomic E-state index is 5.83. The van der Waals surface area contributed by atoms with Crippen molar-refractivity contribution in [1.29, 1.82) is 0 Å². The van der Waals surface area contributed by atoms with Crippen LogP contribution in [0.5, 0.6) is 0 Å². The van der Waals surface area contributed by atoms with Gasteiger partial charge in [0.05, 0.1) is 0 Å². The molecule has 0 aliphatic heterocycles. The third kappa shape index (κ3) is 3.10. The van der Waals surface area contributed by atoms with E-state index in [0.717, 1.165) is 18.5 Å². The highest BCUT2D eigenvalue weighted by atomic mass is 14.6. The zero-order valence-electron chi connectivity index (χ0n) is 11.0. The lowest BCUT2D eigenvalue weighted by molar-refractivity contribution is 0.997. The van der Waals surface area contributed by atoms with Crippen LogP contribution in [-0.2, 0) is 12.8 Å². The highest BCUT2D eigenvalue weighted by Gasteiger charge is 2.04. The van der Waals surface area contributed by atoms with E-state index in [1.54, 1.807) is 6.20 Å². The number of hydrogen-bond acceptors (Lipinski definition) is 2. The summed E-state index contributed by atoms with van der Waals surface area (Å²) in [5.74, 6) is 0. The molecule has 1 heterocycles. The van der Waals surface area contributed by atoms with E-state index >= 15 is 0 Å². The van der Waals surface area contributed by atoms with E-state index in [1.807, 2.05) is 24.4 Å². The van der Waals surface area contributed by atoms with Gasteiger partial charge in [0.1, 0.15) is 0 Å². The maximum absolute atomic E-state index is 5.83. The number of anilines is 1. The summed E-state index contributed by atoms with van der Waals surface area (Å²) < 4.78 is 0. The second-order valence-corrected chi connectivity index (χ2v) is 4.69. The Kier molecular flexibility index (Phi) is 3.98. The lowest BCUT2D eigenvalue weighted by atomic mass is 9.96. The van der Waals surface area contributed by atoms with E-state index in [9.17, 15) is 0 Å². The van der Waals surface area contributed by atoms with Crippen molar-refractivity contribution in [1.82, 2.24) is 4.98 Å². The number of nitrogen functional groups attached to an aromatic ring is 1. The summed E-state index contributed by atoms with van der Waals surface area (Å²) in [7, 11) is 0. The molecule has 2 N–H and O–H groups in total. The minimum atomic E-state index is 0.848. The summed E-state index contributed by atoms with van der Waals surface area (Å²) in [6, 6.07) is 8.16. The zero-order valence-corrected chi connectivity index (χ0v) is 11.0. The molecule has 2 nitrogen and oxygen atoms in total. The van der Waals surface area contributed by atoms with E-state index in [1.165, 1.54) is 22.3 Å². The fraction of sp³-hybridized carbons (Fsp3) is 0.250. The number of benzene rings is 1. The fourth-order valence-corrected chi connectivity index (χ4v) is 2.25. The molecule has 0 spiro atoms. The van der Waals surface area contributed by atoms with Gasteiger partial charge in [-0.1, -0.05) is 6.07 Å². The summed E-state index contributed by atoms with van der Waals surface area (Å²) in [5.41, 5.74) is 11.9. The third-order valence-corrected chi connectivity index (χ3v) is 3.17. The Morgan fingerprint density at radius 2 is 1.89 bits per heavy atom. The molecule has 1 radical (unpaired) electrons. The van der Waals surface area contributed by atoms with Gasteiger partial charge >= 0.3 is 0 Å². The second kappa shape index (κ2) is 5.67. The van der Waals surface area contributed by atoms with Gasteiger partial charge in [-0.15, -0.1) is 0 Å². The van der Waals surface area contributed by atoms with E-state index in [0.29, 0.717) is 0 Å². The minimum absolute atomic E-state index is 0.848. The predicted octanol–water partition coefficient (Wildman–Crippen LogP) is 3.27. The van der Waals surface area contributed by atoms with Crippen LogP contribution in [-0.4, -0.2) is 4.98 Å². The monoisotopic (exact) mass is 239 g/mol. The summed E-state index contributed by atoms with van der Waals surface area (Å²) >= 11 is 0. The van der Waals surface area contributed by atoms with Gasteiger partial charge in [-0.25, -0.2) is 0 Å². The normalized spacial score (nSPS) is 10.6. The van der Waals surface area contributed by atoms with Crippen LogP contribution < -0.4 is 5.73 Å². The molecule has 0 atom stereocenters. The molecule has 2 heteroatoms. The van der Waals surface area contributed by atoms with Gasteiger partial charge in [0, 0.05) is 18.1 Å². The van der Waals surface area contributed by atoms with Gasteiger partial charge in [-0.05, 0) is 73.6 Å². The lowest BCUT2D eigenvalue weighted by Gasteiger charge is -2.10. The van der Waals surface area contributed by atoms with Gasteiger partial charge in [0.2, 0.25) is 0 Å². The first kappa shape index (κ1) is 12.6. The molecule has 0 saturated carbocycles. The average Bonchev–Trinajstić information content (AvgIpc) is 2.34. The molecule has 0 unspecified atom stereocenters.